The maximum Gasteiger partial charge on any atom is 0.162 e. The predicted molar refractivity (Wildman–Crippen MR) is 78.1 cm³/mol. The lowest BCUT2D eigenvalue weighted by Crippen LogP contribution is -2.30. The van der Waals surface area contributed by atoms with Crippen LogP contribution < -0.4 is 0 Å². The molecule has 1 heterocycles. The number of rotatable bonds is 6. The van der Waals surface area contributed by atoms with Gasteiger partial charge in [-0.2, -0.15) is 0 Å². The van der Waals surface area contributed by atoms with Gasteiger partial charge in [-0.25, -0.2) is 0 Å². The normalized spacial score (nSPS) is 17.8. The number of hydrogen-bond acceptors (Lipinski definition) is 3. The summed E-state index contributed by atoms with van der Waals surface area (Å²) in [6.07, 6.45) is 6.39. The van der Waals surface area contributed by atoms with Crippen LogP contribution in [-0.2, 0) is 0 Å². The van der Waals surface area contributed by atoms with Crippen LogP contribution in [0.15, 0.2) is 30.3 Å². The molecule has 1 atom stereocenters. The number of likely N-dealkylation sites (tertiary alicyclic amines) is 1. The highest BCUT2D eigenvalue weighted by Crippen LogP contribution is 2.23. The molecule has 98 valence electrons. The monoisotopic (exact) mass is 263 g/mol. The molecule has 0 aromatic heterocycles. The molecule has 3 heteroatoms. The first-order chi connectivity index (χ1) is 8.81. The van der Waals surface area contributed by atoms with Crippen molar-refractivity contribution >= 4 is 17.5 Å². The SMILES string of the molecule is CSC(CCC(=O)c1ccccc1)N1CCCC1. The second-order valence-corrected chi connectivity index (χ2v) is 5.78. The van der Waals surface area contributed by atoms with Crippen LogP contribution >= 0.6 is 11.8 Å². The molecule has 1 aromatic rings. The van der Waals surface area contributed by atoms with Crippen LogP contribution in [0.5, 0.6) is 0 Å². The third-order valence-electron chi connectivity index (χ3n) is 3.53. The summed E-state index contributed by atoms with van der Waals surface area (Å²) in [4.78, 5) is 14.6. The van der Waals surface area contributed by atoms with Crippen molar-refractivity contribution in [3.05, 3.63) is 35.9 Å². The summed E-state index contributed by atoms with van der Waals surface area (Å²) in [5, 5.41) is 0.514. The van der Waals surface area contributed by atoms with Gasteiger partial charge in [0, 0.05) is 12.0 Å². The lowest BCUT2D eigenvalue weighted by Gasteiger charge is -2.25. The summed E-state index contributed by atoms with van der Waals surface area (Å²) >= 11 is 1.88. The zero-order chi connectivity index (χ0) is 12.8. The maximum absolute atomic E-state index is 12.1. The Kier molecular flexibility index (Phi) is 5.26. The van der Waals surface area contributed by atoms with Gasteiger partial charge >= 0.3 is 0 Å². The van der Waals surface area contributed by atoms with Crippen LogP contribution in [-0.4, -0.2) is 35.4 Å². The van der Waals surface area contributed by atoms with E-state index in [0.29, 0.717) is 11.8 Å². The fourth-order valence-electron chi connectivity index (χ4n) is 2.50. The minimum Gasteiger partial charge on any atom is -0.294 e. The molecule has 0 amide bonds. The lowest BCUT2D eigenvalue weighted by atomic mass is 10.1. The number of carbonyl (C=O) groups excluding carboxylic acids is 1. The van der Waals surface area contributed by atoms with Crippen LogP contribution in [0.25, 0.3) is 0 Å². The molecule has 0 radical (unpaired) electrons. The zero-order valence-corrected chi connectivity index (χ0v) is 11.8. The molecule has 0 saturated carbocycles. The van der Waals surface area contributed by atoms with E-state index in [2.05, 4.69) is 11.2 Å². The molecule has 2 nitrogen and oxygen atoms in total. The number of ketones is 1. The summed E-state index contributed by atoms with van der Waals surface area (Å²) in [6, 6.07) is 9.63. The van der Waals surface area contributed by atoms with Gasteiger partial charge in [0.05, 0.1) is 5.37 Å². The van der Waals surface area contributed by atoms with Crippen LogP contribution in [0, 0.1) is 0 Å². The maximum atomic E-state index is 12.1. The van der Waals surface area contributed by atoms with Gasteiger partial charge < -0.3 is 0 Å². The van der Waals surface area contributed by atoms with E-state index in [-0.39, 0.29) is 5.78 Å². The highest BCUT2D eigenvalue weighted by molar-refractivity contribution is 7.99. The first-order valence-electron chi connectivity index (χ1n) is 6.66. The molecule has 1 fully saturated rings. The van der Waals surface area contributed by atoms with E-state index in [0.717, 1.165) is 12.0 Å². The molecule has 0 bridgehead atoms. The molecule has 2 rings (SSSR count). The lowest BCUT2D eigenvalue weighted by molar-refractivity contribution is 0.0974. The summed E-state index contributed by atoms with van der Waals surface area (Å²) in [5.41, 5.74) is 0.846. The number of benzene rings is 1. The van der Waals surface area contributed by atoms with E-state index in [1.165, 1.54) is 25.9 Å². The average molecular weight is 263 g/mol. The van der Waals surface area contributed by atoms with Crippen molar-refractivity contribution in [3.63, 3.8) is 0 Å². The predicted octanol–water partition coefficient (Wildman–Crippen LogP) is 3.43. The van der Waals surface area contributed by atoms with Gasteiger partial charge in [0.2, 0.25) is 0 Å². The Morgan fingerprint density at radius 2 is 1.94 bits per heavy atom. The molecule has 1 saturated heterocycles. The van der Waals surface area contributed by atoms with E-state index >= 15 is 0 Å². The van der Waals surface area contributed by atoms with Gasteiger partial charge in [0.1, 0.15) is 0 Å². The zero-order valence-electron chi connectivity index (χ0n) is 11.0. The van der Waals surface area contributed by atoms with Gasteiger partial charge in [-0.15, -0.1) is 11.8 Å². The molecule has 0 N–H and O–H groups in total. The standard InChI is InChI=1S/C15H21NOS/c1-18-15(16-11-5-6-12-16)10-9-14(17)13-7-3-2-4-8-13/h2-4,7-8,15H,5-6,9-12H2,1H3. The smallest absolute Gasteiger partial charge is 0.162 e. The van der Waals surface area contributed by atoms with Gasteiger partial charge in [-0.1, -0.05) is 30.3 Å². The molecular weight excluding hydrogens is 242 g/mol. The molecule has 1 aliphatic heterocycles. The summed E-state index contributed by atoms with van der Waals surface area (Å²) in [5.74, 6) is 0.272. The molecule has 18 heavy (non-hydrogen) atoms. The van der Waals surface area contributed by atoms with Crippen molar-refractivity contribution in [1.29, 1.82) is 0 Å². The fourth-order valence-corrected chi connectivity index (χ4v) is 3.36. The van der Waals surface area contributed by atoms with Crippen LogP contribution in [0.3, 0.4) is 0 Å². The summed E-state index contributed by atoms with van der Waals surface area (Å²) in [7, 11) is 0. The van der Waals surface area contributed by atoms with Crippen molar-refractivity contribution in [1.82, 2.24) is 4.90 Å². The van der Waals surface area contributed by atoms with Crippen molar-refractivity contribution < 1.29 is 4.79 Å². The second kappa shape index (κ2) is 6.95. The largest absolute Gasteiger partial charge is 0.294 e. The molecule has 0 aliphatic carbocycles. The van der Waals surface area contributed by atoms with Crippen molar-refractivity contribution in [2.24, 2.45) is 0 Å². The van der Waals surface area contributed by atoms with E-state index < -0.39 is 0 Å². The Morgan fingerprint density at radius 1 is 1.28 bits per heavy atom. The van der Waals surface area contributed by atoms with E-state index in [1.807, 2.05) is 42.1 Å². The number of hydrogen-bond donors (Lipinski definition) is 0. The minimum absolute atomic E-state index is 0.272. The van der Waals surface area contributed by atoms with Gasteiger partial charge in [0.15, 0.2) is 5.78 Å². The van der Waals surface area contributed by atoms with Crippen molar-refractivity contribution in [2.75, 3.05) is 19.3 Å². The van der Waals surface area contributed by atoms with E-state index in [4.69, 9.17) is 0 Å². The summed E-state index contributed by atoms with van der Waals surface area (Å²) in [6.45, 7) is 2.40. The summed E-state index contributed by atoms with van der Waals surface area (Å²) < 4.78 is 0. The Hall–Kier alpha value is -0.800. The fraction of sp³-hybridized carbons (Fsp3) is 0.533. The third-order valence-corrected chi connectivity index (χ3v) is 4.61. The van der Waals surface area contributed by atoms with Gasteiger partial charge in [-0.3, -0.25) is 9.69 Å². The third kappa shape index (κ3) is 3.59. The van der Waals surface area contributed by atoms with E-state index in [9.17, 15) is 4.79 Å². The number of nitrogens with zero attached hydrogens (tertiary/aromatic N) is 1. The quantitative estimate of drug-likeness (QED) is 0.733. The molecule has 1 unspecified atom stereocenters. The van der Waals surface area contributed by atoms with Crippen LogP contribution in [0.1, 0.15) is 36.0 Å². The first kappa shape index (κ1) is 13.6. The average Bonchev–Trinajstić information content (AvgIpc) is 2.94. The molecule has 0 spiro atoms. The van der Waals surface area contributed by atoms with Crippen molar-refractivity contribution in [2.45, 2.75) is 31.1 Å². The van der Waals surface area contributed by atoms with Gasteiger partial charge in [0.25, 0.3) is 0 Å². The minimum atomic E-state index is 0.272. The highest BCUT2D eigenvalue weighted by atomic mass is 32.2. The number of carbonyl (C=O) groups is 1. The molecule has 1 aromatic carbocycles. The molecular formula is C15H21NOS. The van der Waals surface area contributed by atoms with Crippen LogP contribution in [0.4, 0.5) is 0 Å². The Bertz CT molecular complexity index is 373. The Morgan fingerprint density at radius 3 is 2.56 bits per heavy atom. The van der Waals surface area contributed by atoms with Crippen molar-refractivity contribution in [3.8, 4) is 0 Å². The van der Waals surface area contributed by atoms with Gasteiger partial charge in [-0.05, 0) is 38.6 Å². The number of thioether (sulfide) groups is 1. The Labute approximate surface area is 114 Å². The van der Waals surface area contributed by atoms with E-state index in [1.54, 1.807) is 0 Å². The highest BCUT2D eigenvalue weighted by Gasteiger charge is 2.21. The Balaban J connectivity index is 1.84. The number of Topliss-reactive ketones (excluding diaryl/α,β-unsaturated/α-hetero) is 1. The topological polar surface area (TPSA) is 20.3 Å². The second-order valence-electron chi connectivity index (χ2n) is 4.76. The van der Waals surface area contributed by atoms with Crippen LogP contribution in [0.2, 0.25) is 0 Å². The molecule has 1 aliphatic rings. The first-order valence-corrected chi connectivity index (χ1v) is 7.95.